The fourth-order valence-electron chi connectivity index (χ4n) is 1.80. The molecule has 0 radical (unpaired) electrons. The molecule has 6 heteroatoms. The Hall–Kier alpha value is -1.27. The summed E-state index contributed by atoms with van der Waals surface area (Å²) in [5, 5.41) is 2.43. The van der Waals surface area contributed by atoms with Crippen molar-refractivity contribution in [1.82, 2.24) is 0 Å². The molecule has 96 valence electrons. The molecule has 0 bridgehead atoms. The summed E-state index contributed by atoms with van der Waals surface area (Å²) in [6.07, 6.45) is 3.92. The number of amides is 1. The van der Waals surface area contributed by atoms with Crippen LogP contribution in [0, 0.1) is 17.6 Å². The molecule has 0 spiro atoms. The fraction of sp³-hybridized carbons (Fsp3) is 0.250. The highest BCUT2D eigenvalue weighted by Crippen LogP contribution is 2.28. The maximum Gasteiger partial charge on any atom is 0.231 e. The van der Waals surface area contributed by atoms with Crippen molar-refractivity contribution >= 4 is 27.5 Å². The quantitative estimate of drug-likeness (QED) is 0.824. The second kappa shape index (κ2) is 5.16. The topological polar surface area (TPSA) is 55.1 Å². The summed E-state index contributed by atoms with van der Waals surface area (Å²) in [5.41, 5.74) is 5.58. The van der Waals surface area contributed by atoms with Crippen molar-refractivity contribution in [1.29, 1.82) is 0 Å². The molecule has 1 aromatic carbocycles. The number of carbonyl (C=O) groups is 1. The average molecular weight is 317 g/mol. The molecule has 0 aromatic heterocycles. The van der Waals surface area contributed by atoms with Crippen molar-refractivity contribution in [2.24, 2.45) is 11.7 Å². The van der Waals surface area contributed by atoms with Crippen LogP contribution in [-0.2, 0) is 4.79 Å². The summed E-state index contributed by atoms with van der Waals surface area (Å²) < 4.78 is 26.6. The van der Waals surface area contributed by atoms with Gasteiger partial charge in [-0.1, -0.05) is 12.2 Å². The highest BCUT2D eigenvalue weighted by Gasteiger charge is 2.24. The van der Waals surface area contributed by atoms with Crippen LogP contribution in [0.1, 0.15) is 6.42 Å². The third kappa shape index (κ3) is 2.76. The van der Waals surface area contributed by atoms with Crippen LogP contribution in [0.15, 0.2) is 28.8 Å². The number of rotatable bonds is 2. The number of hydrogen-bond donors (Lipinski definition) is 2. The van der Waals surface area contributed by atoms with Crippen LogP contribution in [0.25, 0.3) is 0 Å². The number of carbonyl (C=O) groups excluding carboxylic acids is 1. The first-order valence-electron chi connectivity index (χ1n) is 5.36. The molecule has 18 heavy (non-hydrogen) atoms. The Balaban J connectivity index is 2.15. The molecule has 2 rings (SSSR count). The van der Waals surface area contributed by atoms with E-state index in [1.54, 1.807) is 12.2 Å². The van der Waals surface area contributed by atoms with E-state index in [1.165, 1.54) is 0 Å². The summed E-state index contributed by atoms with van der Waals surface area (Å²) in [4.78, 5) is 11.9. The monoisotopic (exact) mass is 316 g/mol. The second-order valence-electron chi connectivity index (χ2n) is 4.12. The van der Waals surface area contributed by atoms with Crippen LogP contribution < -0.4 is 11.1 Å². The number of nitrogens with one attached hydrogen (secondary N) is 1. The van der Waals surface area contributed by atoms with Crippen LogP contribution in [0.4, 0.5) is 14.5 Å². The first-order chi connectivity index (χ1) is 8.47. The van der Waals surface area contributed by atoms with Gasteiger partial charge >= 0.3 is 0 Å². The molecule has 3 nitrogen and oxygen atoms in total. The Morgan fingerprint density at radius 1 is 1.39 bits per heavy atom. The van der Waals surface area contributed by atoms with E-state index < -0.39 is 11.6 Å². The number of anilines is 1. The Morgan fingerprint density at radius 2 is 2.11 bits per heavy atom. The minimum absolute atomic E-state index is 0.0599. The third-order valence-electron chi connectivity index (χ3n) is 2.71. The first kappa shape index (κ1) is 13.2. The van der Waals surface area contributed by atoms with E-state index in [0.29, 0.717) is 6.42 Å². The van der Waals surface area contributed by atoms with Gasteiger partial charge in [-0.25, -0.2) is 8.78 Å². The van der Waals surface area contributed by atoms with Gasteiger partial charge in [0.2, 0.25) is 5.91 Å². The minimum atomic E-state index is -0.818. The van der Waals surface area contributed by atoms with E-state index in [9.17, 15) is 13.6 Å². The van der Waals surface area contributed by atoms with Crippen molar-refractivity contribution < 1.29 is 13.6 Å². The summed E-state index contributed by atoms with van der Waals surface area (Å²) >= 11 is 3.01. The predicted octanol–water partition coefficient (Wildman–Crippen LogP) is 2.57. The molecular weight excluding hydrogens is 306 g/mol. The maximum absolute atomic E-state index is 13.5. The molecule has 1 aliphatic rings. The lowest BCUT2D eigenvalue weighted by molar-refractivity contribution is -0.118. The van der Waals surface area contributed by atoms with Gasteiger partial charge in [-0.15, -0.1) is 0 Å². The maximum atomic E-state index is 13.5. The minimum Gasteiger partial charge on any atom is -0.324 e. The number of nitrogens with two attached hydrogens (primary N) is 1. The smallest absolute Gasteiger partial charge is 0.231 e. The Kier molecular flexibility index (Phi) is 3.77. The molecular formula is C12H11BrF2N2O. The summed E-state index contributed by atoms with van der Waals surface area (Å²) in [6.45, 7) is 0. The van der Waals surface area contributed by atoms with Crippen LogP contribution in [0.5, 0.6) is 0 Å². The van der Waals surface area contributed by atoms with Gasteiger partial charge < -0.3 is 11.1 Å². The Bertz CT molecular complexity index is 496. The highest BCUT2D eigenvalue weighted by molar-refractivity contribution is 9.10. The lowest BCUT2D eigenvalue weighted by Crippen LogP contribution is -2.24. The van der Waals surface area contributed by atoms with Gasteiger partial charge in [-0.2, -0.15) is 0 Å². The molecule has 2 atom stereocenters. The molecule has 1 aliphatic carbocycles. The van der Waals surface area contributed by atoms with E-state index in [-0.39, 0.29) is 28.0 Å². The summed E-state index contributed by atoms with van der Waals surface area (Å²) in [5.74, 6) is -2.26. The molecule has 0 heterocycles. The van der Waals surface area contributed by atoms with Crippen LogP contribution in [0.3, 0.4) is 0 Å². The van der Waals surface area contributed by atoms with Crippen LogP contribution in [-0.4, -0.2) is 11.9 Å². The number of benzene rings is 1. The second-order valence-corrected chi connectivity index (χ2v) is 4.98. The number of halogens is 3. The molecule has 2 unspecified atom stereocenters. The highest BCUT2D eigenvalue weighted by atomic mass is 79.9. The zero-order valence-corrected chi connectivity index (χ0v) is 10.9. The third-order valence-corrected chi connectivity index (χ3v) is 3.33. The Morgan fingerprint density at radius 3 is 2.67 bits per heavy atom. The molecule has 0 saturated carbocycles. The van der Waals surface area contributed by atoms with E-state index >= 15 is 0 Å². The zero-order valence-electron chi connectivity index (χ0n) is 9.29. The average Bonchev–Trinajstić information content (AvgIpc) is 2.70. The van der Waals surface area contributed by atoms with E-state index in [1.807, 2.05) is 0 Å². The lowest BCUT2D eigenvalue weighted by Gasteiger charge is -2.12. The predicted molar refractivity (Wildman–Crippen MR) is 67.9 cm³/mol. The normalized spacial score (nSPS) is 22.2. The molecule has 3 N–H and O–H groups in total. The van der Waals surface area contributed by atoms with Crippen molar-refractivity contribution in [3.8, 4) is 0 Å². The molecule has 1 aromatic rings. The molecule has 0 aliphatic heterocycles. The van der Waals surface area contributed by atoms with Crippen molar-refractivity contribution in [3.05, 3.63) is 40.4 Å². The van der Waals surface area contributed by atoms with Crippen LogP contribution >= 0.6 is 15.9 Å². The first-order valence-corrected chi connectivity index (χ1v) is 6.16. The van der Waals surface area contributed by atoms with Crippen LogP contribution in [0.2, 0.25) is 0 Å². The van der Waals surface area contributed by atoms with Crippen molar-refractivity contribution in [2.45, 2.75) is 12.5 Å². The van der Waals surface area contributed by atoms with E-state index in [0.717, 1.165) is 12.1 Å². The van der Waals surface area contributed by atoms with Crippen molar-refractivity contribution in [2.75, 3.05) is 5.32 Å². The largest absolute Gasteiger partial charge is 0.324 e. The lowest BCUT2D eigenvalue weighted by atomic mass is 10.1. The zero-order chi connectivity index (χ0) is 13.3. The van der Waals surface area contributed by atoms with Gasteiger partial charge in [-0.05, 0) is 28.4 Å². The van der Waals surface area contributed by atoms with Gasteiger partial charge in [0, 0.05) is 16.6 Å². The van der Waals surface area contributed by atoms with E-state index in [2.05, 4.69) is 21.2 Å². The summed E-state index contributed by atoms with van der Waals surface area (Å²) in [7, 11) is 0. The van der Waals surface area contributed by atoms with Crippen molar-refractivity contribution in [3.63, 3.8) is 0 Å². The van der Waals surface area contributed by atoms with Gasteiger partial charge in [0.1, 0.15) is 5.82 Å². The van der Waals surface area contributed by atoms with Gasteiger partial charge in [0.25, 0.3) is 0 Å². The molecule has 0 fully saturated rings. The van der Waals surface area contributed by atoms with Gasteiger partial charge in [0.05, 0.1) is 11.6 Å². The van der Waals surface area contributed by atoms with E-state index in [4.69, 9.17) is 5.73 Å². The molecule has 0 saturated heterocycles. The standard InChI is InChI=1S/C12H11BrF2N2O/c13-9-4-7(14)5-10(15)11(9)17-12(18)6-1-2-8(16)3-6/h1-2,4-6,8H,3,16H2,(H,17,18). The fourth-order valence-corrected chi connectivity index (χ4v) is 2.31. The van der Waals surface area contributed by atoms with Gasteiger partial charge in [-0.3, -0.25) is 4.79 Å². The Labute approximate surface area is 111 Å². The SMILES string of the molecule is NC1C=CC(C(=O)Nc2c(F)cc(F)cc2Br)C1. The van der Waals surface area contributed by atoms with Gasteiger partial charge in [0.15, 0.2) is 5.82 Å². The summed E-state index contributed by atoms with van der Waals surface area (Å²) in [6, 6.07) is 1.66. The molecule has 1 amide bonds. The number of hydrogen-bond acceptors (Lipinski definition) is 2.